The fourth-order valence-electron chi connectivity index (χ4n) is 5.34. The van der Waals surface area contributed by atoms with Crippen LogP contribution in [0.5, 0.6) is 0 Å². The van der Waals surface area contributed by atoms with Crippen LogP contribution >= 0.6 is 12.6 Å². The summed E-state index contributed by atoms with van der Waals surface area (Å²) < 4.78 is 0. The first-order valence-electron chi connectivity index (χ1n) is 13.7. The molecule has 2 aliphatic heterocycles. The van der Waals surface area contributed by atoms with E-state index in [9.17, 15) is 29.1 Å². The van der Waals surface area contributed by atoms with Gasteiger partial charge in [0.15, 0.2) is 0 Å². The van der Waals surface area contributed by atoms with Gasteiger partial charge in [-0.1, -0.05) is 55.8 Å². The minimum absolute atomic E-state index is 0.114. The number of carbonyl (C=O) groups excluding carboxylic acids is 4. The Kier molecular flexibility index (Phi) is 9.63. The van der Waals surface area contributed by atoms with Crippen LogP contribution in [0.1, 0.15) is 65.3 Å². The van der Waals surface area contributed by atoms with E-state index in [0.29, 0.717) is 49.8 Å². The Morgan fingerprint density at radius 3 is 2.25 bits per heavy atom. The number of nitrogens with one attached hydrogen (secondary N) is 1. The average Bonchev–Trinajstić information content (AvgIpc) is 3.09. The van der Waals surface area contributed by atoms with Crippen LogP contribution in [0.3, 0.4) is 0 Å². The second kappa shape index (κ2) is 13.1. The predicted molar refractivity (Wildman–Crippen MR) is 152 cm³/mol. The van der Waals surface area contributed by atoms with Gasteiger partial charge in [-0.25, -0.2) is 4.79 Å². The van der Waals surface area contributed by atoms with Crippen molar-refractivity contribution in [3.63, 3.8) is 0 Å². The molecule has 1 saturated heterocycles. The standard InChI is InChI=1S/C30H35N3O6S/c1-19-14-16-32(24(30(38)39)18-20-9-3-2-4-10-20)29(37)23(17-19)31-26(34)25(40)13-7-8-15-33-27(35)21-11-5-6-12-22(21)28(33)36/h2-6,9-12,19,23-25,40H,7-8,13-18H2,1H3,(H,31,34)(H,38,39). The number of benzene rings is 2. The number of likely N-dealkylation sites (tertiary alicyclic amines) is 1. The van der Waals surface area contributed by atoms with Gasteiger partial charge < -0.3 is 15.3 Å². The number of amides is 4. The zero-order valence-electron chi connectivity index (χ0n) is 22.5. The van der Waals surface area contributed by atoms with Crippen LogP contribution in [0.15, 0.2) is 54.6 Å². The van der Waals surface area contributed by atoms with Crippen molar-refractivity contribution < 1.29 is 29.1 Å². The molecular formula is C30H35N3O6S. The maximum atomic E-state index is 13.5. The van der Waals surface area contributed by atoms with E-state index < -0.39 is 35.1 Å². The van der Waals surface area contributed by atoms with Gasteiger partial charge in [-0.15, -0.1) is 0 Å². The van der Waals surface area contributed by atoms with Crippen molar-refractivity contribution >= 4 is 42.2 Å². The van der Waals surface area contributed by atoms with Gasteiger partial charge in [0.25, 0.3) is 11.8 Å². The Morgan fingerprint density at radius 2 is 1.62 bits per heavy atom. The number of carbonyl (C=O) groups is 5. The number of hydrogen-bond acceptors (Lipinski definition) is 6. The Balaban J connectivity index is 1.31. The van der Waals surface area contributed by atoms with Crippen LogP contribution in [0, 0.1) is 5.92 Å². The first-order chi connectivity index (χ1) is 19.2. The molecule has 2 aromatic carbocycles. The topological polar surface area (TPSA) is 124 Å². The molecule has 10 heteroatoms. The first-order valence-corrected chi connectivity index (χ1v) is 14.2. The molecule has 0 aliphatic carbocycles. The molecule has 9 nitrogen and oxygen atoms in total. The zero-order chi connectivity index (χ0) is 28.8. The first kappa shape index (κ1) is 29.3. The van der Waals surface area contributed by atoms with E-state index in [-0.39, 0.29) is 30.7 Å². The van der Waals surface area contributed by atoms with Crippen LogP contribution in [-0.4, -0.2) is 74.9 Å². The molecule has 2 N–H and O–H groups in total. The van der Waals surface area contributed by atoms with Gasteiger partial charge in [0, 0.05) is 19.5 Å². The lowest BCUT2D eigenvalue weighted by atomic mass is 10.00. The summed E-state index contributed by atoms with van der Waals surface area (Å²) in [5.41, 5.74) is 1.63. The maximum absolute atomic E-state index is 13.5. The summed E-state index contributed by atoms with van der Waals surface area (Å²) in [5.74, 6) is -2.37. The molecule has 212 valence electrons. The Bertz CT molecular complexity index is 1230. The summed E-state index contributed by atoms with van der Waals surface area (Å²) in [6.07, 6.45) is 2.69. The van der Waals surface area contributed by atoms with Crippen LogP contribution in [0.4, 0.5) is 0 Å². The highest BCUT2D eigenvalue weighted by Gasteiger charge is 2.38. The number of rotatable bonds is 11. The largest absolute Gasteiger partial charge is 0.480 e. The normalized spacial score (nSPS) is 20.6. The van der Waals surface area contributed by atoms with E-state index in [1.165, 1.54) is 9.80 Å². The molecule has 2 aliphatic rings. The SMILES string of the molecule is CC1CCN(C(Cc2ccccc2)C(=O)O)C(=O)C(NC(=O)C(S)CCCCN2C(=O)c3ccccc3C2=O)C1. The van der Waals surface area contributed by atoms with Gasteiger partial charge in [0.2, 0.25) is 11.8 Å². The quantitative estimate of drug-likeness (QED) is 0.218. The van der Waals surface area contributed by atoms with Crippen LogP contribution in [-0.2, 0) is 20.8 Å². The van der Waals surface area contributed by atoms with E-state index in [1.54, 1.807) is 24.3 Å². The van der Waals surface area contributed by atoms with Crippen LogP contribution in [0.25, 0.3) is 0 Å². The Morgan fingerprint density at radius 1 is 1.00 bits per heavy atom. The van der Waals surface area contributed by atoms with Gasteiger partial charge in [-0.2, -0.15) is 12.6 Å². The summed E-state index contributed by atoms with van der Waals surface area (Å²) in [5, 5.41) is 12.1. The minimum atomic E-state index is -1.08. The van der Waals surface area contributed by atoms with Crippen molar-refractivity contribution in [1.82, 2.24) is 15.1 Å². The highest BCUT2D eigenvalue weighted by Crippen LogP contribution is 2.24. The minimum Gasteiger partial charge on any atom is -0.480 e. The molecule has 0 aromatic heterocycles. The van der Waals surface area contributed by atoms with Gasteiger partial charge in [0.05, 0.1) is 16.4 Å². The molecule has 4 amide bonds. The summed E-state index contributed by atoms with van der Waals surface area (Å²) in [6.45, 7) is 2.54. The lowest BCUT2D eigenvalue weighted by Crippen LogP contribution is -2.54. The number of nitrogens with zero attached hydrogens (tertiary/aromatic N) is 2. The van der Waals surface area contributed by atoms with Gasteiger partial charge in [-0.3, -0.25) is 24.1 Å². The molecule has 4 unspecified atom stereocenters. The van der Waals surface area contributed by atoms with Crippen LogP contribution in [0.2, 0.25) is 0 Å². The summed E-state index contributed by atoms with van der Waals surface area (Å²) in [4.78, 5) is 66.3. The molecule has 4 atom stereocenters. The lowest BCUT2D eigenvalue weighted by Gasteiger charge is -2.30. The fraction of sp³-hybridized carbons (Fsp3) is 0.433. The summed E-state index contributed by atoms with van der Waals surface area (Å²) in [6, 6.07) is 14.0. The van der Waals surface area contributed by atoms with Crippen molar-refractivity contribution in [2.45, 2.75) is 62.8 Å². The molecule has 2 aromatic rings. The third-order valence-electron chi connectivity index (χ3n) is 7.62. The molecule has 40 heavy (non-hydrogen) atoms. The molecule has 2 heterocycles. The smallest absolute Gasteiger partial charge is 0.326 e. The number of imide groups is 1. The second-order valence-corrected chi connectivity index (χ2v) is 11.2. The zero-order valence-corrected chi connectivity index (χ0v) is 23.4. The Hall–Kier alpha value is -3.66. The molecular weight excluding hydrogens is 530 g/mol. The lowest BCUT2D eigenvalue weighted by molar-refractivity contribution is -0.151. The van der Waals surface area contributed by atoms with E-state index in [1.807, 2.05) is 37.3 Å². The molecule has 0 saturated carbocycles. The third kappa shape index (κ3) is 6.72. The number of thiol groups is 1. The Labute approximate surface area is 239 Å². The maximum Gasteiger partial charge on any atom is 0.326 e. The van der Waals surface area contributed by atoms with E-state index >= 15 is 0 Å². The monoisotopic (exact) mass is 565 g/mol. The van der Waals surface area contributed by atoms with Gasteiger partial charge in [0.1, 0.15) is 12.1 Å². The fourth-order valence-corrected chi connectivity index (χ4v) is 5.60. The van der Waals surface area contributed by atoms with Crippen molar-refractivity contribution in [1.29, 1.82) is 0 Å². The van der Waals surface area contributed by atoms with Gasteiger partial charge in [-0.05, 0) is 49.3 Å². The number of unbranched alkanes of at least 4 members (excludes halogenated alkanes) is 1. The molecule has 0 radical (unpaired) electrons. The highest BCUT2D eigenvalue weighted by molar-refractivity contribution is 7.81. The number of aliphatic carboxylic acids is 1. The van der Waals surface area contributed by atoms with Crippen LogP contribution < -0.4 is 5.32 Å². The van der Waals surface area contributed by atoms with E-state index in [0.717, 1.165) is 5.56 Å². The molecule has 0 spiro atoms. The van der Waals surface area contributed by atoms with E-state index in [4.69, 9.17) is 0 Å². The number of carboxylic acid groups (broad SMARTS) is 1. The highest BCUT2D eigenvalue weighted by atomic mass is 32.1. The summed E-state index contributed by atoms with van der Waals surface area (Å²) in [7, 11) is 0. The van der Waals surface area contributed by atoms with Crippen molar-refractivity contribution in [2.24, 2.45) is 5.92 Å². The number of carboxylic acids is 1. The predicted octanol–water partition coefficient (Wildman–Crippen LogP) is 3.19. The molecule has 4 rings (SSSR count). The van der Waals surface area contributed by atoms with Crippen molar-refractivity contribution in [2.75, 3.05) is 13.1 Å². The molecule has 1 fully saturated rings. The number of hydrogen-bond donors (Lipinski definition) is 3. The van der Waals surface area contributed by atoms with Gasteiger partial charge >= 0.3 is 5.97 Å². The average molecular weight is 566 g/mol. The van der Waals surface area contributed by atoms with Crippen molar-refractivity contribution in [3.05, 3.63) is 71.3 Å². The third-order valence-corrected chi connectivity index (χ3v) is 8.11. The van der Waals surface area contributed by atoms with E-state index in [2.05, 4.69) is 17.9 Å². The second-order valence-electron chi connectivity index (χ2n) is 10.6. The van der Waals surface area contributed by atoms with Crippen molar-refractivity contribution in [3.8, 4) is 0 Å². The number of fused-ring (bicyclic) bond motifs is 1. The molecule has 0 bridgehead atoms. The summed E-state index contributed by atoms with van der Waals surface area (Å²) >= 11 is 4.45.